The zero-order valence-corrected chi connectivity index (χ0v) is 14.3. The van der Waals surface area contributed by atoms with E-state index in [0.717, 1.165) is 17.1 Å². The van der Waals surface area contributed by atoms with Crippen LogP contribution in [-0.2, 0) is 34.1 Å². The molecule has 0 aromatic rings. The van der Waals surface area contributed by atoms with Gasteiger partial charge in [-0.25, -0.2) is 0 Å². The Morgan fingerprint density at radius 1 is 1.38 bits per heavy atom. The van der Waals surface area contributed by atoms with Gasteiger partial charge in [-0.15, -0.1) is 0 Å². The molecule has 1 amide bonds. The van der Waals surface area contributed by atoms with E-state index in [0.29, 0.717) is 13.0 Å². The topological polar surface area (TPSA) is 38.3 Å². The first-order valence-corrected chi connectivity index (χ1v) is 12.9. The molecule has 0 aromatic heterocycles. The van der Waals surface area contributed by atoms with E-state index in [2.05, 4.69) is 19.2 Å². The second-order valence-electron chi connectivity index (χ2n) is 3.07. The van der Waals surface area contributed by atoms with Crippen LogP contribution in [0.4, 0.5) is 0 Å². The van der Waals surface area contributed by atoms with Gasteiger partial charge in [-0.05, 0) is 0 Å². The molecule has 4 heteroatoms. The van der Waals surface area contributed by atoms with Crippen molar-refractivity contribution in [1.29, 1.82) is 0 Å². The number of hydrogen-bond acceptors (Lipinski definition) is 2. The Balaban J connectivity index is 3.11. The molecular formula is C9H19HgNO2. The molecule has 0 aliphatic rings. The number of hydrogen-bond donors (Lipinski definition) is 1. The second kappa shape index (κ2) is 10.4. The molecule has 0 radical (unpaired) electrons. The van der Waals surface area contributed by atoms with Crippen LogP contribution in [0.2, 0.25) is 3.93 Å². The molecule has 0 atom stereocenters. The van der Waals surface area contributed by atoms with E-state index < -0.39 is 24.6 Å². The molecular weight excluding hydrogens is 355 g/mol. The predicted octanol–water partition coefficient (Wildman–Crippen LogP) is 1.40. The Morgan fingerprint density at radius 2 is 2.15 bits per heavy atom. The summed E-state index contributed by atoms with van der Waals surface area (Å²) in [7, 11) is 0. The summed E-state index contributed by atoms with van der Waals surface area (Å²) in [6.07, 6.45) is 1.55. The van der Waals surface area contributed by atoms with Crippen LogP contribution in [0, 0.1) is 0 Å². The van der Waals surface area contributed by atoms with E-state index in [-0.39, 0.29) is 5.91 Å². The standard InChI is InChI=1S/C7H14NO2.C2H5.Hg/c1-3-5-10-6-4-7(9)8-2;1-2;/h2-6H2,1H3,(H,8,9);1H2,2H3;. The van der Waals surface area contributed by atoms with Crippen LogP contribution in [0.25, 0.3) is 0 Å². The summed E-state index contributed by atoms with van der Waals surface area (Å²) in [5.41, 5.74) is 0. The first-order chi connectivity index (χ1) is 6.31. The van der Waals surface area contributed by atoms with Crippen LogP contribution in [0.15, 0.2) is 0 Å². The molecule has 0 saturated heterocycles. The fraction of sp³-hybridized carbons (Fsp3) is 0.889. The molecule has 0 aliphatic heterocycles. The van der Waals surface area contributed by atoms with Gasteiger partial charge in [0, 0.05) is 0 Å². The Hall–Kier alpha value is 0.365. The van der Waals surface area contributed by atoms with Crippen molar-refractivity contribution in [3.8, 4) is 0 Å². The average Bonchev–Trinajstić information content (AvgIpc) is 2.13. The third-order valence-corrected chi connectivity index (χ3v) is 6.77. The number of ether oxygens (including phenoxy) is 1. The third-order valence-electron chi connectivity index (χ3n) is 1.67. The summed E-state index contributed by atoms with van der Waals surface area (Å²) in [5.74, 6) is 0.157. The van der Waals surface area contributed by atoms with Crippen LogP contribution in [0.1, 0.15) is 26.7 Å². The molecule has 0 aliphatic carbocycles. The minimum absolute atomic E-state index is 0.157. The minimum atomic E-state index is -0.677. The normalized spacial score (nSPS) is 9.38. The van der Waals surface area contributed by atoms with Crippen LogP contribution in [0.5, 0.6) is 0 Å². The first kappa shape index (κ1) is 13.4. The summed E-state index contributed by atoms with van der Waals surface area (Å²) >= 11 is -0.677. The van der Waals surface area contributed by atoms with Crippen molar-refractivity contribution in [3.05, 3.63) is 0 Å². The van der Waals surface area contributed by atoms with Gasteiger partial charge in [-0.1, -0.05) is 0 Å². The SMILES string of the molecule is CCCOCCC(=O)N[CH2][Hg][CH2]C. The van der Waals surface area contributed by atoms with Gasteiger partial charge in [0.1, 0.15) is 0 Å². The molecule has 0 spiro atoms. The zero-order valence-electron chi connectivity index (χ0n) is 8.77. The van der Waals surface area contributed by atoms with Gasteiger partial charge in [-0.2, -0.15) is 0 Å². The van der Waals surface area contributed by atoms with Gasteiger partial charge in [0.05, 0.1) is 0 Å². The van der Waals surface area contributed by atoms with Crippen molar-refractivity contribution in [2.45, 2.75) is 30.6 Å². The molecule has 0 rings (SSSR count). The van der Waals surface area contributed by atoms with Gasteiger partial charge in [0.25, 0.3) is 0 Å². The number of carbonyl (C=O) groups excluding carboxylic acids is 1. The summed E-state index contributed by atoms with van der Waals surface area (Å²) in [4.78, 5) is 11.1. The second-order valence-corrected chi connectivity index (χ2v) is 11.6. The average molecular weight is 374 g/mol. The number of rotatable bonds is 8. The van der Waals surface area contributed by atoms with Crippen molar-refractivity contribution in [3.63, 3.8) is 0 Å². The van der Waals surface area contributed by atoms with Crippen LogP contribution in [0.3, 0.4) is 0 Å². The van der Waals surface area contributed by atoms with E-state index in [1.54, 1.807) is 0 Å². The monoisotopic (exact) mass is 375 g/mol. The Morgan fingerprint density at radius 3 is 2.77 bits per heavy atom. The summed E-state index contributed by atoms with van der Waals surface area (Å²) in [6.45, 7) is 5.61. The van der Waals surface area contributed by atoms with Crippen LogP contribution in [-0.4, -0.2) is 23.2 Å². The third kappa shape index (κ3) is 10.3. The maximum atomic E-state index is 11.1. The fourth-order valence-corrected chi connectivity index (χ4v) is 4.05. The Labute approximate surface area is 93.0 Å². The molecule has 74 valence electrons. The Bertz CT molecular complexity index is 131. The van der Waals surface area contributed by atoms with Crippen molar-refractivity contribution in [2.24, 2.45) is 0 Å². The van der Waals surface area contributed by atoms with Gasteiger partial charge in [0.15, 0.2) is 0 Å². The molecule has 0 heterocycles. The predicted molar refractivity (Wildman–Crippen MR) is 49.2 cm³/mol. The molecule has 0 saturated carbocycles. The van der Waals surface area contributed by atoms with Crippen molar-refractivity contribution in [2.75, 3.05) is 17.3 Å². The van der Waals surface area contributed by atoms with E-state index in [1.165, 1.54) is 3.93 Å². The molecule has 13 heavy (non-hydrogen) atoms. The number of nitrogens with one attached hydrogen (secondary N) is 1. The zero-order chi connectivity index (χ0) is 9.94. The van der Waals surface area contributed by atoms with Crippen molar-refractivity contribution < 1.29 is 34.1 Å². The van der Waals surface area contributed by atoms with Crippen LogP contribution >= 0.6 is 0 Å². The fourth-order valence-electron chi connectivity index (χ4n) is 0.904. The maximum absolute atomic E-state index is 11.1. The molecule has 0 unspecified atom stereocenters. The first-order valence-electron chi connectivity index (χ1n) is 5.15. The van der Waals surface area contributed by atoms with E-state index in [1.807, 2.05) is 0 Å². The summed E-state index contributed by atoms with van der Waals surface area (Å²) < 4.78 is 7.57. The van der Waals surface area contributed by atoms with Gasteiger partial charge in [-0.3, -0.25) is 0 Å². The quantitative estimate of drug-likeness (QED) is 0.516. The van der Waals surface area contributed by atoms with Gasteiger partial charge < -0.3 is 0 Å². The number of carbonyl (C=O) groups is 1. The van der Waals surface area contributed by atoms with Crippen LogP contribution < -0.4 is 5.32 Å². The molecule has 3 nitrogen and oxygen atoms in total. The summed E-state index contributed by atoms with van der Waals surface area (Å²) in [6, 6.07) is 0. The molecule has 0 aromatic carbocycles. The van der Waals surface area contributed by atoms with Crippen molar-refractivity contribution in [1.82, 2.24) is 5.32 Å². The van der Waals surface area contributed by atoms with Gasteiger partial charge >= 0.3 is 93.2 Å². The van der Waals surface area contributed by atoms with E-state index in [4.69, 9.17) is 4.74 Å². The van der Waals surface area contributed by atoms with Crippen molar-refractivity contribution >= 4 is 5.91 Å². The van der Waals surface area contributed by atoms with E-state index >= 15 is 0 Å². The van der Waals surface area contributed by atoms with E-state index in [9.17, 15) is 4.79 Å². The molecule has 0 bridgehead atoms. The Kier molecular flexibility index (Phi) is 10.7. The molecule has 1 N–H and O–H groups in total. The summed E-state index contributed by atoms with van der Waals surface area (Å²) in [5, 5.41) is 2.94. The van der Waals surface area contributed by atoms with Gasteiger partial charge in [0.2, 0.25) is 0 Å². The molecule has 0 fully saturated rings. The number of amides is 1.